The molecule has 0 spiro atoms. The molecule has 15 nitrogen and oxygen atoms in total. The fourth-order valence-electron chi connectivity index (χ4n) is 4.50. The second-order valence-corrected chi connectivity index (χ2v) is 10.0. The average Bonchev–Trinajstić information content (AvgIpc) is 2.99. The zero-order chi connectivity index (χ0) is 32.6. The predicted molar refractivity (Wildman–Crippen MR) is 151 cm³/mol. The Morgan fingerprint density at radius 2 is 1.51 bits per heavy atom. The smallest absolute Gasteiger partial charge is 0.330 e. The second kappa shape index (κ2) is 12.3. The van der Waals surface area contributed by atoms with Crippen molar-refractivity contribution in [3.8, 4) is 62.9 Å². The summed E-state index contributed by atoms with van der Waals surface area (Å²) in [6.45, 7) is -0.628. The van der Waals surface area contributed by atoms with Gasteiger partial charge in [-0.15, -0.1) is 0 Å². The Morgan fingerprint density at radius 1 is 0.800 bits per heavy atom. The Bertz CT molecular complexity index is 1770. The zero-order valence-corrected chi connectivity index (χ0v) is 22.8. The molecule has 1 saturated heterocycles. The van der Waals surface area contributed by atoms with E-state index in [-0.39, 0.29) is 34.1 Å². The highest BCUT2D eigenvalue weighted by molar-refractivity contribution is 5.87. The number of rotatable bonds is 7. The standard InChI is InChI=1S/C30H26O15/c31-14-8-17(33)15-10-22(29(43-21(15)9-14)13-6-19(35)25(38)20(36)7-13)44-30-28(41)27(40)26(39)23(45-30)11-42-24(37)4-2-12-1-3-16(32)18(34)5-12/h1-10,23,26-28,30,32-36,38-41H,11H2/t23-,26-,27+,28-,30-/m1/s1. The molecule has 236 valence electrons. The summed E-state index contributed by atoms with van der Waals surface area (Å²) in [4.78, 5) is 24.3. The number of hydrogen-bond acceptors (Lipinski definition) is 15. The van der Waals surface area contributed by atoms with Crippen LogP contribution in [0.3, 0.4) is 0 Å². The Kier molecular flexibility index (Phi) is 8.43. The van der Waals surface area contributed by atoms with Crippen LogP contribution >= 0.6 is 0 Å². The van der Waals surface area contributed by atoms with Gasteiger partial charge < -0.3 is 64.6 Å². The molecular weight excluding hydrogens is 600 g/mol. The van der Waals surface area contributed by atoms with Crippen LogP contribution in [0, 0.1) is 0 Å². The number of aromatic hydroxyl groups is 6. The number of ether oxygens (including phenoxy) is 3. The first-order chi connectivity index (χ1) is 21.3. The third-order valence-corrected chi connectivity index (χ3v) is 6.85. The van der Waals surface area contributed by atoms with Crippen LogP contribution in [-0.2, 0) is 14.3 Å². The second-order valence-electron chi connectivity index (χ2n) is 10.0. The molecule has 5 rings (SSSR count). The SMILES string of the molecule is O=C(C=Cc1ccc(O)c(O)c1)OC[C@H]1O[C@@H](Oc2cc3c(O)cc(=O)cc-3oc2-c2cc(O)c(O)c(O)c2)[C@H](O)[C@@H](O)[C@@H]1O. The van der Waals surface area contributed by atoms with E-state index in [0.29, 0.717) is 5.56 Å². The molecule has 0 amide bonds. The summed E-state index contributed by atoms with van der Waals surface area (Å²) in [6, 6.07) is 8.91. The number of hydrogen-bond donors (Lipinski definition) is 9. The normalized spacial score (nSPS) is 21.6. The first-order valence-electron chi connectivity index (χ1n) is 13.1. The Morgan fingerprint density at radius 3 is 2.20 bits per heavy atom. The number of phenols is 6. The summed E-state index contributed by atoms with van der Waals surface area (Å²) < 4.78 is 22.2. The molecule has 0 bridgehead atoms. The van der Waals surface area contributed by atoms with E-state index in [1.807, 2.05) is 0 Å². The van der Waals surface area contributed by atoms with Gasteiger partial charge in [0.15, 0.2) is 45.7 Å². The maximum absolute atomic E-state index is 12.3. The lowest BCUT2D eigenvalue weighted by Crippen LogP contribution is -2.60. The minimum absolute atomic E-state index is 0.0364. The van der Waals surface area contributed by atoms with Crippen molar-refractivity contribution in [3.05, 3.63) is 70.4 Å². The molecule has 0 saturated carbocycles. The predicted octanol–water partition coefficient (Wildman–Crippen LogP) is 1.09. The van der Waals surface area contributed by atoms with E-state index in [1.165, 1.54) is 30.3 Å². The molecule has 3 aliphatic rings. The molecule has 5 atom stereocenters. The van der Waals surface area contributed by atoms with Gasteiger partial charge in [-0.3, -0.25) is 4.79 Å². The van der Waals surface area contributed by atoms with Crippen LogP contribution < -0.4 is 10.2 Å². The van der Waals surface area contributed by atoms with Crippen molar-refractivity contribution >= 4 is 12.0 Å². The van der Waals surface area contributed by atoms with Gasteiger partial charge in [-0.2, -0.15) is 0 Å². The highest BCUT2D eigenvalue weighted by Crippen LogP contribution is 2.45. The van der Waals surface area contributed by atoms with Gasteiger partial charge in [0.25, 0.3) is 0 Å². The van der Waals surface area contributed by atoms with Crippen LogP contribution in [0.5, 0.6) is 40.2 Å². The van der Waals surface area contributed by atoms with E-state index in [9.17, 15) is 55.5 Å². The fraction of sp³-hybridized carbons (Fsp3) is 0.200. The van der Waals surface area contributed by atoms with Gasteiger partial charge in [0.1, 0.15) is 42.5 Å². The molecule has 45 heavy (non-hydrogen) atoms. The van der Waals surface area contributed by atoms with Gasteiger partial charge in [-0.05, 0) is 42.0 Å². The first kappa shape index (κ1) is 31.0. The van der Waals surface area contributed by atoms with Crippen LogP contribution in [0.1, 0.15) is 5.56 Å². The van der Waals surface area contributed by atoms with Crippen molar-refractivity contribution in [2.75, 3.05) is 6.61 Å². The van der Waals surface area contributed by atoms with Crippen LogP contribution in [-0.4, -0.2) is 89.2 Å². The Balaban J connectivity index is 1.41. The van der Waals surface area contributed by atoms with E-state index in [1.54, 1.807) is 0 Å². The van der Waals surface area contributed by atoms with Gasteiger partial charge in [-0.25, -0.2) is 4.79 Å². The highest BCUT2D eigenvalue weighted by atomic mass is 16.7. The van der Waals surface area contributed by atoms with Crippen molar-refractivity contribution < 1.29 is 69.4 Å². The third kappa shape index (κ3) is 6.41. The minimum atomic E-state index is -1.89. The van der Waals surface area contributed by atoms with Crippen LogP contribution in [0.4, 0.5) is 0 Å². The van der Waals surface area contributed by atoms with Crippen LogP contribution in [0.25, 0.3) is 28.7 Å². The minimum Gasteiger partial charge on any atom is -0.507 e. The summed E-state index contributed by atoms with van der Waals surface area (Å²) in [5, 5.41) is 90.8. The topological polar surface area (TPSA) is 257 Å². The van der Waals surface area contributed by atoms with Gasteiger partial charge in [0.05, 0.1) is 5.56 Å². The molecule has 2 aromatic carbocycles. The number of fused-ring (bicyclic) bond motifs is 1. The highest BCUT2D eigenvalue weighted by Gasteiger charge is 2.46. The number of carbonyl (C=O) groups excluding carboxylic acids is 1. The largest absolute Gasteiger partial charge is 0.507 e. The lowest BCUT2D eigenvalue weighted by atomic mass is 9.99. The molecule has 9 N–H and O–H groups in total. The number of carbonyl (C=O) groups is 1. The number of phenolic OH excluding ortho intramolecular Hbond substituents is 6. The quantitative estimate of drug-likeness (QED) is 0.0790. The molecule has 1 aliphatic carbocycles. The van der Waals surface area contributed by atoms with Gasteiger partial charge in [0, 0.05) is 23.8 Å². The van der Waals surface area contributed by atoms with Crippen molar-refractivity contribution in [3.63, 3.8) is 0 Å². The molecule has 2 aliphatic heterocycles. The lowest BCUT2D eigenvalue weighted by molar-refractivity contribution is -0.278. The fourth-order valence-corrected chi connectivity index (χ4v) is 4.50. The summed E-state index contributed by atoms with van der Waals surface area (Å²) >= 11 is 0. The first-order valence-corrected chi connectivity index (χ1v) is 13.1. The number of esters is 1. The van der Waals surface area contributed by atoms with Gasteiger partial charge in [0.2, 0.25) is 6.29 Å². The van der Waals surface area contributed by atoms with E-state index in [4.69, 9.17) is 18.6 Å². The van der Waals surface area contributed by atoms with E-state index in [0.717, 1.165) is 30.3 Å². The van der Waals surface area contributed by atoms with Gasteiger partial charge in [-0.1, -0.05) is 6.07 Å². The number of aliphatic hydroxyl groups is 3. The number of aliphatic hydroxyl groups excluding tert-OH is 3. The van der Waals surface area contributed by atoms with Crippen LogP contribution in [0.2, 0.25) is 0 Å². The summed E-state index contributed by atoms with van der Waals surface area (Å²) in [7, 11) is 0. The third-order valence-electron chi connectivity index (χ3n) is 6.85. The molecule has 0 radical (unpaired) electrons. The summed E-state index contributed by atoms with van der Waals surface area (Å²) in [6.07, 6.45) is -6.46. The average molecular weight is 627 g/mol. The maximum Gasteiger partial charge on any atom is 0.330 e. The van der Waals surface area contributed by atoms with Crippen LogP contribution in [0.15, 0.2) is 63.8 Å². The van der Waals surface area contributed by atoms with Crippen molar-refractivity contribution in [1.29, 1.82) is 0 Å². The van der Waals surface area contributed by atoms with E-state index < -0.39 is 77.5 Å². The molecule has 0 aromatic heterocycles. The maximum atomic E-state index is 12.3. The van der Waals surface area contributed by atoms with E-state index >= 15 is 0 Å². The summed E-state index contributed by atoms with van der Waals surface area (Å²) in [5.74, 6) is -5.26. The Hall–Kier alpha value is -5.48. The van der Waals surface area contributed by atoms with Crippen molar-refractivity contribution in [2.24, 2.45) is 0 Å². The number of benzene rings is 3. The zero-order valence-electron chi connectivity index (χ0n) is 22.8. The molecule has 2 heterocycles. The monoisotopic (exact) mass is 626 g/mol. The Labute approximate surface area is 252 Å². The lowest BCUT2D eigenvalue weighted by Gasteiger charge is -2.40. The molecule has 0 unspecified atom stereocenters. The molecule has 2 aromatic rings. The summed E-state index contributed by atoms with van der Waals surface area (Å²) in [5.41, 5.74) is -0.393. The molecule has 1 fully saturated rings. The van der Waals surface area contributed by atoms with Crippen molar-refractivity contribution in [2.45, 2.75) is 30.7 Å². The van der Waals surface area contributed by atoms with E-state index in [2.05, 4.69) is 0 Å². The molecule has 15 heteroatoms. The van der Waals surface area contributed by atoms with Crippen molar-refractivity contribution in [1.82, 2.24) is 0 Å². The van der Waals surface area contributed by atoms with Gasteiger partial charge >= 0.3 is 5.97 Å². The molecular formula is C30H26O15.